The van der Waals surface area contributed by atoms with Gasteiger partial charge < -0.3 is 23.9 Å². The van der Waals surface area contributed by atoms with Gasteiger partial charge in [-0.3, -0.25) is 4.79 Å². The number of esters is 1. The van der Waals surface area contributed by atoms with Gasteiger partial charge in [-0.25, -0.2) is 4.79 Å². The number of furan rings is 1. The Kier molecular flexibility index (Phi) is 6.84. The Balaban J connectivity index is 1.88. The van der Waals surface area contributed by atoms with Crippen LogP contribution in [0, 0.1) is 0 Å². The van der Waals surface area contributed by atoms with E-state index in [1.165, 1.54) is 19.3 Å². The third-order valence-corrected chi connectivity index (χ3v) is 3.46. The van der Waals surface area contributed by atoms with Gasteiger partial charge in [0, 0.05) is 12.1 Å². The molecule has 2 rings (SSSR count). The van der Waals surface area contributed by atoms with Crippen molar-refractivity contribution in [2.75, 3.05) is 14.2 Å². The van der Waals surface area contributed by atoms with Crippen LogP contribution >= 0.6 is 0 Å². The molecule has 1 heterocycles. The summed E-state index contributed by atoms with van der Waals surface area (Å²) in [6.45, 7) is 1.73. The maximum Gasteiger partial charge on any atom is 0.331 e. The maximum absolute atomic E-state index is 11.9. The molecule has 1 amide bonds. The van der Waals surface area contributed by atoms with Crippen LogP contribution in [0.25, 0.3) is 6.08 Å². The summed E-state index contributed by atoms with van der Waals surface area (Å²) in [7, 11) is 3.08. The van der Waals surface area contributed by atoms with Crippen LogP contribution in [0.1, 0.15) is 18.2 Å². The topological polar surface area (TPSA) is 87.0 Å². The number of carbonyl (C=O) groups is 2. The van der Waals surface area contributed by atoms with Crippen LogP contribution in [0.5, 0.6) is 11.5 Å². The zero-order chi connectivity index (χ0) is 18.9. The lowest BCUT2D eigenvalue weighted by molar-refractivity contribution is -0.150. The number of carbonyl (C=O) groups excluding carboxylic acids is 2. The van der Waals surface area contributed by atoms with Crippen molar-refractivity contribution in [3.05, 3.63) is 54.0 Å². The Hall–Kier alpha value is -3.22. The largest absolute Gasteiger partial charge is 0.497 e. The summed E-state index contributed by atoms with van der Waals surface area (Å²) in [4.78, 5) is 23.8. The Labute approximate surface area is 151 Å². The second-order valence-corrected chi connectivity index (χ2v) is 5.36. The number of rotatable bonds is 8. The third-order valence-electron chi connectivity index (χ3n) is 3.46. The third kappa shape index (κ3) is 5.70. The van der Waals surface area contributed by atoms with E-state index in [1.807, 2.05) is 0 Å². The summed E-state index contributed by atoms with van der Waals surface area (Å²) in [5.74, 6) is 0.772. The molecular weight excluding hydrogens is 338 g/mol. The van der Waals surface area contributed by atoms with E-state index >= 15 is 0 Å². The first-order valence-electron chi connectivity index (χ1n) is 7.93. The monoisotopic (exact) mass is 359 g/mol. The number of hydrogen-bond acceptors (Lipinski definition) is 6. The van der Waals surface area contributed by atoms with Crippen molar-refractivity contribution in [2.45, 2.75) is 19.6 Å². The zero-order valence-corrected chi connectivity index (χ0v) is 14.9. The molecule has 0 aliphatic carbocycles. The van der Waals surface area contributed by atoms with Crippen LogP contribution in [-0.2, 0) is 20.9 Å². The fraction of sp³-hybridized carbons (Fsp3) is 0.263. The highest BCUT2D eigenvalue weighted by molar-refractivity contribution is 5.90. The molecule has 0 aliphatic rings. The van der Waals surface area contributed by atoms with E-state index in [-0.39, 0.29) is 6.54 Å². The van der Waals surface area contributed by atoms with E-state index in [1.54, 1.807) is 50.6 Å². The first kappa shape index (κ1) is 19.1. The minimum atomic E-state index is -0.929. The number of nitrogens with one attached hydrogen (secondary N) is 1. The lowest BCUT2D eigenvalue weighted by Gasteiger charge is -2.11. The molecule has 1 aromatic carbocycles. The first-order chi connectivity index (χ1) is 12.5. The van der Waals surface area contributed by atoms with E-state index in [0.717, 1.165) is 0 Å². The maximum atomic E-state index is 11.9. The van der Waals surface area contributed by atoms with E-state index in [9.17, 15) is 9.59 Å². The summed E-state index contributed by atoms with van der Waals surface area (Å²) >= 11 is 0. The summed E-state index contributed by atoms with van der Waals surface area (Å²) < 4.78 is 20.5. The smallest absolute Gasteiger partial charge is 0.331 e. The van der Waals surface area contributed by atoms with Gasteiger partial charge in [0.2, 0.25) is 0 Å². The summed E-state index contributed by atoms with van der Waals surface area (Å²) in [6.07, 6.45) is 3.39. The molecule has 0 saturated carbocycles. The van der Waals surface area contributed by atoms with Gasteiger partial charge in [0.15, 0.2) is 6.10 Å². The number of amides is 1. The average Bonchev–Trinajstić information content (AvgIpc) is 3.17. The molecule has 7 nitrogen and oxygen atoms in total. The van der Waals surface area contributed by atoms with Crippen molar-refractivity contribution >= 4 is 18.0 Å². The Morgan fingerprint density at radius 2 is 1.88 bits per heavy atom. The zero-order valence-electron chi connectivity index (χ0n) is 14.9. The van der Waals surface area contributed by atoms with Crippen LogP contribution < -0.4 is 14.8 Å². The number of hydrogen-bond donors (Lipinski definition) is 1. The Morgan fingerprint density at radius 3 is 2.46 bits per heavy atom. The van der Waals surface area contributed by atoms with Crippen LogP contribution in [0.3, 0.4) is 0 Å². The molecule has 1 aromatic heterocycles. The highest BCUT2D eigenvalue weighted by atomic mass is 16.5. The van der Waals surface area contributed by atoms with Crippen molar-refractivity contribution in [1.29, 1.82) is 0 Å². The van der Waals surface area contributed by atoms with Crippen LogP contribution in [0.4, 0.5) is 0 Å². The molecule has 0 unspecified atom stereocenters. The second kappa shape index (κ2) is 9.31. The van der Waals surface area contributed by atoms with E-state index in [0.29, 0.717) is 22.8 Å². The van der Waals surface area contributed by atoms with E-state index in [4.69, 9.17) is 18.6 Å². The van der Waals surface area contributed by atoms with Crippen molar-refractivity contribution < 1.29 is 28.2 Å². The molecule has 2 aromatic rings. The van der Waals surface area contributed by atoms with Gasteiger partial charge in [-0.2, -0.15) is 0 Å². The fourth-order valence-corrected chi connectivity index (χ4v) is 2.09. The van der Waals surface area contributed by atoms with Crippen molar-refractivity contribution in [2.24, 2.45) is 0 Å². The quantitative estimate of drug-likeness (QED) is 0.576. The molecule has 1 atom stereocenters. The van der Waals surface area contributed by atoms with Gasteiger partial charge >= 0.3 is 5.97 Å². The van der Waals surface area contributed by atoms with Gasteiger partial charge in [-0.1, -0.05) is 0 Å². The molecule has 0 aliphatic heterocycles. The molecular formula is C19H21NO6. The Morgan fingerprint density at radius 1 is 1.19 bits per heavy atom. The number of methoxy groups -OCH3 is 2. The Bertz CT molecular complexity index is 744. The summed E-state index contributed by atoms with van der Waals surface area (Å²) in [5.41, 5.74) is 0.702. The van der Waals surface area contributed by atoms with Crippen molar-refractivity contribution in [3.8, 4) is 11.5 Å². The van der Waals surface area contributed by atoms with Crippen molar-refractivity contribution in [3.63, 3.8) is 0 Å². The first-order valence-corrected chi connectivity index (χ1v) is 7.93. The molecule has 0 bridgehead atoms. The molecule has 0 fully saturated rings. The average molecular weight is 359 g/mol. The normalized spacial score (nSPS) is 11.8. The lowest BCUT2D eigenvalue weighted by atomic mass is 10.2. The summed E-state index contributed by atoms with van der Waals surface area (Å²) in [6, 6.07) is 8.67. The summed E-state index contributed by atoms with van der Waals surface area (Å²) in [5, 5.41) is 2.63. The predicted octanol–water partition coefficient (Wildman–Crippen LogP) is 2.56. The van der Waals surface area contributed by atoms with Crippen LogP contribution in [0.2, 0.25) is 0 Å². The van der Waals surface area contributed by atoms with E-state index in [2.05, 4.69) is 5.32 Å². The SMILES string of the molecule is COc1cc(/C=C/C(=O)O[C@H](C)C(=O)NCc2ccco2)cc(OC)c1. The molecule has 0 saturated heterocycles. The van der Waals surface area contributed by atoms with Gasteiger partial charge in [-0.05, 0) is 42.8 Å². The van der Waals surface area contributed by atoms with Crippen LogP contribution in [-0.4, -0.2) is 32.2 Å². The highest BCUT2D eigenvalue weighted by Crippen LogP contribution is 2.23. The molecule has 138 valence electrons. The van der Waals surface area contributed by atoms with E-state index < -0.39 is 18.0 Å². The van der Waals surface area contributed by atoms with Crippen LogP contribution in [0.15, 0.2) is 47.1 Å². The highest BCUT2D eigenvalue weighted by Gasteiger charge is 2.16. The van der Waals surface area contributed by atoms with Crippen molar-refractivity contribution in [1.82, 2.24) is 5.32 Å². The second-order valence-electron chi connectivity index (χ2n) is 5.36. The van der Waals surface area contributed by atoms with Gasteiger partial charge in [0.05, 0.1) is 27.0 Å². The fourth-order valence-electron chi connectivity index (χ4n) is 2.09. The van der Waals surface area contributed by atoms with Gasteiger partial charge in [0.25, 0.3) is 5.91 Å². The lowest BCUT2D eigenvalue weighted by Crippen LogP contribution is -2.35. The number of benzene rings is 1. The number of ether oxygens (including phenoxy) is 3. The standard InChI is InChI=1S/C19H21NO6/c1-13(19(22)20-12-15-5-4-8-25-15)26-18(21)7-6-14-9-16(23-2)11-17(10-14)24-3/h4-11,13H,12H2,1-3H3,(H,20,22)/b7-6+/t13-/m1/s1. The minimum absolute atomic E-state index is 0.229. The molecule has 0 spiro atoms. The molecule has 7 heteroatoms. The molecule has 1 N–H and O–H groups in total. The van der Waals surface area contributed by atoms with Gasteiger partial charge in [-0.15, -0.1) is 0 Å². The molecule has 0 radical (unpaired) electrons. The molecule has 26 heavy (non-hydrogen) atoms. The predicted molar refractivity (Wildman–Crippen MR) is 94.7 cm³/mol. The van der Waals surface area contributed by atoms with Gasteiger partial charge in [0.1, 0.15) is 17.3 Å². The minimum Gasteiger partial charge on any atom is -0.497 e.